The third kappa shape index (κ3) is 3.13. The van der Waals surface area contributed by atoms with Crippen molar-refractivity contribution in [3.05, 3.63) is 24.8 Å². The molecule has 25 heavy (non-hydrogen) atoms. The predicted octanol–water partition coefficient (Wildman–Crippen LogP) is 3.56. The smallest absolute Gasteiger partial charge is 0.220 e. The maximum absolute atomic E-state index is 12.0. The van der Waals surface area contributed by atoms with Crippen molar-refractivity contribution < 1.29 is 4.79 Å². The van der Waals surface area contributed by atoms with Crippen LogP contribution < -0.4 is 5.32 Å². The van der Waals surface area contributed by atoms with Gasteiger partial charge < -0.3 is 14.9 Å². The van der Waals surface area contributed by atoms with Crippen LogP contribution in [0.1, 0.15) is 52.0 Å². The second kappa shape index (κ2) is 6.50. The molecule has 3 aromatic rings. The Morgan fingerprint density at radius 3 is 2.88 bits per heavy atom. The third-order valence-corrected chi connectivity index (χ3v) is 5.17. The average molecular weight is 339 g/mol. The molecule has 132 valence electrons. The molecule has 0 radical (unpaired) electrons. The molecule has 1 aliphatic carbocycles. The fraction of sp³-hybridized carbons (Fsp3) is 0.526. The Balaban J connectivity index is 1.49. The number of carbonyl (C=O) groups is 1. The number of nitrogens with one attached hydrogen (secondary N) is 2. The van der Waals surface area contributed by atoms with Gasteiger partial charge in [0, 0.05) is 30.1 Å². The van der Waals surface area contributed by atoms with Crippen molar-refractivity contribution in [1.82, 2.24) is 24.8 Å². The number of aromatic amines is 1. The summed E-state index contributed by atoms with van der Waals surface area (Å²) in [6, 6.07) is 2.82. The van der Waals surface area contributed by atoms with Gasteiger partial charge >= 0.3 is 0 Å². The molecule has 1 fully saturated rings. The zero-order valence-corrected chi connectivity index (χ0v) is 14.8. The summed E-state index contributed by atoms with van der Waals surface area (Å²) in [5.74, 6) is 0.595. The van der Waals surface area contributed by atoms with Crippen LogP contribution in [0.4, 0.5) is 0 Å². The summed E-state index contributed by atoms with van der Waals surface area (Å²) in [6.45, 7) is 4.16. The molecule has 0 unspecified atom stereocenters. The van der Waals surface area contributed by atoms with Crippen molar-refractivity contribution in [2.45, 2.75) is 58.0 Å². The first-order valence-electron chi connectivity index (χ1n) is 9.20. The number of hydrogen-bond acceptors (Lipinski definition) is 3. The second-order valence-corrected chi connectivity index (χ2v) is 7.55. The highest BCUT2D eigenvalue weighted by atomic mass is 16.1. The molecule has 0 aliphatic heterocycles. The first-order chi connectivity index (χ1) is 12.1. The lowest BCUT2D eigenvalue weighted by atomic mass is 9.90. The lowest BCUT2D eigenvalue weighted by Crippen LogP contribution is -2.38. The Morgan fingerprint density at radius 1 is 1.32 bits per heavy atom. The maximum atomic E-state index is 12.0. The number of amides is 1. The summed E-state index contributed by atoms with van der Waals surface area (Å²) in [5, 5.41) is 4.33. The number of H-pyrrole nitrogens is 1. The van der Waals surface area contributed by atoms with Gasteiger partial charge in [0.15, 0.2) is 0 Å². The van der Waals surface area contributed by atoms with E-state index in [2.05, 4.69) is 44.7 Å². The topological polar surface area (TPSA) is 75.6 Å². The SMILES string of the molecule is CC(C)CC(=O)N[C@H]1CC[C@H](n2cnc3cnc4[nH]ccc4c32)CC1. The quantitative estimate of drug-likeness (QED) is 0.763. The molecule has 0 saturated heterocycles. The summed E-state index contributed by atoms with van der Waals surface area (Å²) in [4.78, 5) is 24.1. The first kappa shape index (κ1) is 16.1. The van der Waals surface area contributed by atoms with Gasteiger partial charge in [-0.3, -0.25) is 4.79 Å². The maximum Gasteiger partial charge on any atom is 0.220 e. The summed E-state index contributed by atoms with van der Waals surface area (Å²) in [7, 11) is 0. The predicted molar refractivity (Wildman–Crippen MR) is 98.3 cm³/mol. The van der Waals surface area contributed by atoms with Crippen LogP contribution in [0.3, 0.4) is 0 Å². The molecule has 1 aliphatic rings. The van der Waals surface area contributed by atoms with E-state index in [1.54, 1.807) is 0 Å². The van der Waals surface area contributed by atoms with Crippen LogP contribution in [-0.2, 0) is 4.79 Å². The molecular weight excluding hydrogens is 314 g/mol. The minimum absolute atomic E-state index is 0.187. The molecule has 6 heteroatoms. The van der Waals surface area contributed by atoms with Gasteiger partial charge in [0.2, 0.25) is 5.91 Å². The van der Waals surface area contributed by atoms with Gasteiger partial charge in [0.05, 0.1) is 18.0 Å². The highest BCUT2D eigenvalue weighted by molar-refractivity contribution is 6.00. The van der Waals surface area contributed by atoms with E-state index in [4.69, 9.17) is 0 Å². The van der Waals surface area contributed by atoms with E-state index >= 15 is 0 Å². The normalized spacial score (nSPS) is 21.2. The fourth-order valence-corrected chi connectivity index (χ4v) is 3.96. The van der Waals surface area contributed by atoms with E-state index < -0.39 is 0 Å². The highest BCUT2D eigenvalue weighted by Gasteiger charge is 2.25. The van der Waals surface area contributed by atoms with Gasteiger partial charge in [0.1, 0.15) is 11.2 Å². The summed E-state index contributed by atoms with van der Waals surface area (Å²) < 4.78 is 2.30. The summed E-state index contributed by atoms with van der Waals surface area (Å²) in [6.07, 6.45) is 10.5. The van der Waals surface area contributed by atoms with E-state index in [1.807, 2.05) is 18.7 Å². The molecule has 1 saturated carbocycles. The lowest BCUT2D eigenvalue weighted by molar-refractivity contribution is -0.122. The molecular formula is C19H25N5O. The van der Waals surface area contributed by atoms with Gasteiger partial charge in [-0.2, -0.15) is 0 Å². The van der Waals surface area contributed by atoms with Crippen LogP contribution in [0.2, 0.25) is 0 Å². The van der Waals surface area contributed by atoms with Crippen molar-refractivity contribution in [1.29, 1.82) is 0 Å². The molecule has 0 aromatic carbocycles. The van der Waals surface area contributed by atoms with Gasteiger partial charge in [-0.05, 0) is 37.7 Å². The molecule has 0 spiro atoms. The van der Waals surface area contributed by atoms with E-state index in [1.165, 1.54) is 5.52 Å². The van der Waals surface area contributed by atoms with Crippen molar-refractivity contribution in [3.63, 3.8) is 0 Å². The number of pyridine rings is 1. The molecule has 4 rings (SSSR count). The van der Waals surface area contributed by atoms with Gasteiger partial charge in [-0.25, -0.2) is 9.97 Å². The van der Waals surface area contributed by atoms with Crippen LogP contribution in [0.15, 0.2) is 24.8 Å². The summed E-state index contributed by atoms with van der Waals surface area (Å²) >= 11 is 0. The van der Waals surface area contributed by atoms with Crippen molar-refractivity contribution in [2.75, 3.05) is 0 Å². The zero-order valence-electron chi connectivity index (χ0n) is 14.8. The second-order valence-electron chi connectivity index (χ2n) is 7.55. The Bertz CT molecular complexity index is 886. The Morgan fingerprint density at radius 2 is 2.12 bits per heavy atom. The molecule has 3 heterocycles. The minimum Gasteiger partial charge on any atom is -0.353 e. The van der Waals surface area contributed by atoms with Crippen LogP contribution in [0.5, 0.6) is 0 Å². The van der Waals surface area contributed by atoms with E-state index in [-0.39, 0.29) is 5.91 Å². The number of hydrogen-bond donors (Lipinski definition) is 2. The zero-order chi connectivity index (χ0) is 17.4. The number of imidazole rings is 1. The highest BCUT2D eigenvalue weighted by Crippen LogP contribution is 2.33. The van der Waals surface area contributed by atoms with Crippen molar-refractivity contribution in [2.24, 2.45) is 5.92 Å². The standard InChI is InChI=1S/C19H25N5O/c1-12(2)9-17(25)23-13-3-5-14(6-4-13)24-11-22-16-10-21-19-15(18(16)24)7-8-20-19/h7-8,10-14H,3-6,9H2,1-2H3,(H,20,21)(H,23,25)/t13-,14-. The fourth-order valence-electron chi connectivity index (χ4n) is 3.96. The van der Waals surface area contributed by atoms with E-state index in [0.717, 1.165) is 42.2 Å². The van der Waals surface area contributed by atoms with Gasteiger partial charge in [-0.1, -0.05) is 13.8 Å². The number of aromatic nitrogens is 4. The van der Waals surface area contributed by atoms with Crippen LogP contribution in [-0.4, -0.2) is 31.5 Å². The number of rotatable bonds is 4. The monoisotopic (exact) mass is 339 g/mol. The first-order valence-corrected chi connectivity index (χ1v) is 9.20. The Hall–Kier alpha value is -2.37. The van der Waals surface area contributed by atoms with E-state index in [0.29, 0.717) is 24.4 Å². The molecule has 3 aromatic heterocycles. The van der Waals surface area contributed by atoms with Crippen LogP contribution in [0, 0.1) is 5.92 Å². The van der Waals surface area contributed by atoms with Crippen molar-refractivity contribution >= 4 is 28.0 Å². The summed E-state index contributed by atoms with van der Waals surface area (Å²) in [5.41, 5.74) is 3.02. The molecule has 6 nitrogen and oxygen atoms in total. The lowest BCUT2D eigenvalue weighted by Gasteiger charge is -2.30. The van der Waals surface area contributed by atoms with Gasteiger partial charge in [0.25, 0.3) is 0 Å². The number of carbonyl (C=O) groups excluding carboxylic acids is 1. The number of fused-ring (bicyclic) bond motifs is 3. The molecule has 1 amide bonds. The average Bonchev–Trinajstić information content (AvgIpc) is 3.20. The molecule has 2 N–H and O–H groups in total. The Labute approximate surface area is 147 Å². The van der Waals surface area contributed by atoms with Crippen LogP contribution in [0.25, 0.3) is 22.1 Å². The Kier molecular flexibility index (Phi) is 4.19. The van der Waals surface area contributed by atoms with Crippen molar-refractivity contribution in [3.8, 4) is 0 Å². The molecule has 0 atom stereocenters. The van der Waals surface area contributed by atoms with E-state index in [9.17, 15) is 4.79 Å². The molecule has 0 bridgehead atoms. The third-order valence-electron chi connectivity index (χ3n) is 5.17. The van der Waals surface area contributed by atoms with Crippen LogP contribution >= 0.6 is 0 Å². The minimum atomic E-state index is 0.187. The largest absolute Gasteiger partial charge is 0.353 e. The number of nitrogens with zero attached hydrogens (tertiary/aromatic N) is 3. The van der Waals surface area contributed by atoms with Gasteiger partial charge in [-0.15, -0.1) is 0 Å².